The molecule has 0 saturated heterocycles. The highest BCUT2D eigenvalue weighted by Crippen LogP contribution is 2.39. The van der Waals surface area contributed by atoms with Crippen molar-refractivity contribution in [1.82, 2.24) is 9.78 Å². The molecule has 2 aromatic rings. The first-order chi connectivity index (χ1) is 8.96. The molecular weight excluding hydrogens is 325 g/mol. The number of fused-ring (bicyclic) bond motifs is 1. The molecule has 1 aliphatic heterocycles. The maximum absolute atomic E-state index is 13.2. The van der Waals surface area contributed by atoms with Crippen LogP contribution in [0.3, 0.4) is 0 Å². The molecule has 3 rings (SSSR count). The Bertz CT molecular complexity index is 625. The summed E-state index contributed by atoms with van der Waals surface area (Å²) in [7, 11) is 0. The third-order valence-corrected chi connectivity index (χ3v) is 3.48. The molecule has 0 saturated carbocycles. The largest absolute Gasteiger partial charge is 0.471 e. The Morgan fingerprint density at radius 3 is 2.63 bits per heavy atom. The highest BCUT2D eigenvalue weighted by atomic mass is 79.9. The summed E-state index contributed by atoms with van der Waals surface area (Å²) < 4.78 is 46.0. The molecule has 3 nitrogen and oxygen atoms in total. The maximum atomic E-state index is 13.2. The van der Waals surface area contributed by atoms with Gasteiger partial charge in [-0.3, -0.25) is 0 Å². The molecule has 0 spiro atoms. The van der Waals surface area contributed by atoms with Crippen LogP contribution in [0.25, 0.3) is 11.3 Å². The lowest BCUT2D eigenvalue weighted by molar-refractivity contribution is -0.0797. The van der Waals surface area contributed by atoms with Gasteiger partial charge in [-0.15, -0.1) is 0 Å². The number of rotatable bonds is 1. The standard InChI is InChI=1S/C12H8BrF3N2O/c13-9-10(7-1-3-8(14)4-2-7)17-18-5-12(15,16)6-19-11(9)18/h1-4H,5-6H2. The molecule has 0 atom stereocenters. The fraction of sp³-hybridized carbons (Fsp3) is 0.250. The van der Waals surface area contributed by atoms with E-state index in [-0.39, 0.29) is 11.7 Å². The highest BCUT2D eigenvalue weighted by Gasteiger charge is 2.38. The SMILES string of the molecule is Fc1ccc(-c2nn3c(c2Br)OCC(F)(F)C3)cc1. The summed E-state index contributed by atoms with van der Waals surface area (Å²) in [5.74, 6) is -3.03. The van der Waals surface area contributed by atoms with Crippen LogP contribution in [0.5, 0.6) is 5.88 Å². The number of alkyl halides is 2. The Morgan fingerprint density at radius 2 is 1.95 bits per heavy atom. The molecule has 0 fully saturated rings. The van der Waals surface area contributed by atoms with Gasteiger partial charge in [-0.05, 0) is 40.2 Å². The number of aromatic nitrogens is 2. The lowest BCUT2D eigenvalue weighted by Crippen LogP contribution is -2.36. The zero-order valence-electron chi connectivity index (χ0n) is 9.54. The average molecular weight is 333 g/mol. The fourth-order valence-electron chi connectivity index (χ4n) is 1.90. The Kier molecular flexibility index (Phi) is 2.81. The zero-order valence-corrected chi connectivity index (χ0v) is 11.1. The van der Waals surface area contributed by atoms with Gasteiger partial charge in [0.1, 0.15) is 22.5 Å². The van der Waals surface area contributed by atoms with Crippen molar-refractivity contribution in [3.63, 3.8) is 0 Å². The molecule has 1 aromatic heterocycles. The third-order valence-electron chi connectivity index (χ3n) is 2.77. The predicted molar refractivity (Wildman–Crippen MR) is 65.8 cm³/mol. The fourth-order valence-corrected chi connectivity index (χ4v) is 2.53. The lowest BCUT2D eigenvalue weighted by Gasteiger charge is -2.23. The van der Waals surface area contributed by atoms with Crippen LogP contribution in [0.4, 0.5) is 13.2 Å². The van der Waals surface area contributed by atoms with Gasteiger partial charge in [0.15, 0.2) is 6.61 Å². The minimum absolute atomic E-state index is 0.269. The second-order valence-electron chi connectivity index (χ2n) is 4.28. The summed E-state index contributed by atoms with van der Waals surface area (Å²) in [5.41, 5.74) is 1.08. The number of halogens is 4. The van der Waals surface area contributed by atoms with Crippen molar-refractivity contribution in [2.24, 2.45) is 0 Å². The summed E-state index contributed by atoms with van der Waals surface area (Å²) in [6, 6.07) is 5.64. The Hall–Kier alpha value is -1.50. The van der Waals surface area contributed by atoms with Crippen molar-refractivity contribution >= 4 is 15.9 Å². The number of nitrogens with zero attached hydrogens (tertiary/aromatic N) is 2. The number of hydrogen-bond donors (Lipinski definition) is 0. The third kappa shape index (κ3) is 2.22. The molecule has 1 aliphatic rings. The molecule has 0 bridgehead atoms. The molecular formula is C12H8BrF3N2O. The first-order valence-electron chi connectivity index (χ1n) is 5.49. The predicted octanol–water partition coefficient (Wildman–Crippen LogP) is 3.48. The van der Waals surface area contributed by atoms with Gasteiger partial charge in [-0.2, -0.15) is 5.10 Å². The molecule has 7 heteroatoms. The summed E-state index contributed by atoms with van der Waals surface area (Å²) in [6.07, 6.45) is 0. The van der Waals surface area contributed by atoms with Crippen LogP contribution in [0.2, 0.25) is 0 Å². The van der Waals surface area contributed by atoms with E-state index in [0.717, 1.165) is 4.68 Å². The van der Waals surface area contributed by atoms with Crippen molar-refractivity contribution in [2.45, 2.75) is 12.5 Å². The van der Waals surface area contributed by atoms with Gasteiger partial charge in [0.2, 0.25) is 5.88 Å². The second-order valence-corrected chi connectivity index (χ2v) is 5.07. The summed E-state index contributed by atoms with van der Waals surface area (Å²) in [6.45, 7) is -1.19. The van der Waals surface area contributed by atoms with E-state index in [0.29, 0.717) is 15.7 Å². The van der Waals surface area contributed by atoms with E-state index in [9.17, 15) is 13.2 Å². The summed E-state index contributed by atoms with van der Waals surface area (Å²) in [4.78, 5) is 0. The van der Waals surface area contributed by atoms with Crippen molar-refractivity contribution < 1.29 is 17.9 Å². The van der Waals surface area contributed by atoms with E-state index in [1.54, 1.807) is 0 Å². The molecule has 0 amide bonds. The van der Waals surface area contributed by atoms with Crippen LogP contribution in [0.15, 0.2) is 28.7 Å². The van der Waals surface area contributed by atoms with Crippen LogP contribution in [-0.4, -0.2) is 22.3 Å². The van der Waals surface area contributed by atoms with E-state index < -0.39 is 19.1 Å². The van der Waals surface area contributed by atoms with E-state index in [1.165, 1.54) is 24.3 Å². The van der Waals surface area contributed by atoms with E-state index in [4.69, 9.17) is 4.74 Å². The van der Waals surface area contributed by atoms with Crippen LogP contribution in [0, 0.1) is 5.82 Å². The van der Waals surface area contributed by atoms with E-state index in [2.05, 4.69) is 21.0 Å². The molecule has 0 radical (unpaired) electrons. The molecule has 0 unspecified atom stereocenters. The van der Waals surface area contributed by atoms with Crippen molar-refractivity contribution in [2.75, 3.05) is 6.61 Å². The number of hydrogen-bond acceptors (Lipinski definition) is 2. The monoisotopic (exact) mass is 332 g/mol. The van der Waals surface area contributed by atoms with E-state index >= 15 is 0 Å². The Labute approximate surface area is 115 Å². The smallest absolute Gasteiger partial charge is 0.300 e. The Morgan fingerprint density at radius 1 is 1.26 bits per heavy atom. The second kappa shape index (κ2) is 4.26. The van der Waals surface area contributed by atoms with Gasteiger partial charge < -0.3 is 4.74 Å². The molecule has 1 aromatic carbocycles. The maximum Gasteiger partial charge on any atom is 0.300 e. The van der Waals surface area contributed by atoms with Crippen LogP contribution in [0.1, 0.15) is 0 Å². The molecule has 0 N–H and O–H groups in total. The van der Waals surface area contributed by atoms with Gasteiger partial charge in [0.25, 0.3) is 0 Å². The number of benzene rings is 1. The normalized spacial score (nSPS) is 16.8. The molecule has 0 aliphatic carbocycles. The minimum atomic E-state index is -2.93. The first-order valence-corrected chi connectivity index (χ1v) is 6.28. The van der Waals surface area contributed by atoms with Crippen LogP contribution >= 0.6 is 15.9 Å². The molecule has 2 heterocycles. The van der Waals surface area contributed by atoms with Crippen LogP contribution in [-0.2, 0) is 6.54 Å². The van der Waals surface area contributed by atoms with Gasteiger partial charge in [0.05, 0.1) is 0 Å². The highest BCUT2D eigenvalue weighted by molar-refractivity contribution is 9.10. The lowest BCUT2D eigenvalue weighted by atomic mass is 10.1. The minimum Gasteiger partial charge on any atom is -0.471 e. The van der Waals surface area contributed by atoms with Crippen molar-refractivity contribution in [1.29, 1.82) is 0 Å². The summed E-state index contributed by atoms with van der Waals surface area (Å²) >= 11 is 3.28. The van der Waals surface area contributed by atoms with Gasteiger partial charge in [-0.1, -0.05) is 0 Å². The molecule has 19 heavy (non-hydrogen) atoms. The van der Waals surface area contributed by atoms with Crippen molar-refractivity contribution in [3.8, 4) is 17.1 Å². The summed E-state index contributed by atoms with van der Waals surface area (Å²) in [5, 5.41) is 4.09. The zero-order chi connectivity index (χ0) is 13.6. The average Bonchev–Trinajstić information content (AvgIpc) is 2.65. The van der Waals surface area contributed by atoms with Gasteiger partial charge >= 0.3 is 5.92 Å². The Balaban J connectivity index is 2.05. The first kappa shape index (κ1) is 12.5. The quantitative estimate of drug-likeness (QED) is 0.799. The topological polar surface area (TPSA) is 27.1 Å². The number of ether oxygens (including phenoxy) is 1. The van der Waals surface area contributed by atoms with Gasteiger partial charge in [0, 0.05) is 5.56 Å². The molecule has 100 valence electrons. The van der Waals surface area contributed by atoms with Crippen LogP contribution < -0.4 is 4.74 Å². The van der Waals surface area contributed by atoms with Crippen molar-refractivity contribution in [3.05, 3.63) is 34.6 Å². The van der Waals surface area contributed by atoms with E-state index in [1.807, 2.05) is 0 Å². The van der Waals surface area contributed by atoms with Gasteiger partial charge in [-0.25, -0.2) is 17.9 Å².